The molecule has 3 rings (SSSR count). The molecule has 2 aliphatic rings. The van der Waals surface area contributed by atoms with E-state index < -0.39 is 0 Å². The van der Waals surface area contributed by atoms with Crippen LogP contribution in [0.1, 0.15) is 30.5 Å². The van der Waals surface area contributed by atoms with Crippen LogP contribution in [0.25, 0.3) is 0 Å². The minimum Gasteiger partial charge on any atom is -0.380 e. The first-order chi connectivity index (χ1) is 9.33. The van der Waals surface area contributed by atoms with E-state index in [1.54, 1.807) is 0 Å². The van der Waals surface area contributed by atoms with Crippen molar-refractivity contribution in [3.63, 3.8) is 0 Å². The Morgan fingerprint density at radius 3 is 3.00 bits per heavy atom. The van der Waals surface area contributed by atoms with Crippen molar-refractivity contribution in [3.8, 4) is 0 Å². The van der Waals surface area contributed by atoms with Crippen LogP contribution in [0, 0.1) is 6.92 Å². The summed E-state index contributed by atoms with van der Waals surface area (Å²) < 4.78 is 5.49. The number of nitrogens with zero attached hydrogens (tertiary/aromatic N) is 2. The van der Waals surface area contributed by atoms with Crippen LogP contribution >= 0.6 is 0 Å². The smallest absolute Gasteiger partial charge is 0.128 e. The van der Waals surface area contributed by atoms with Crippen molar-refractivity contribution >= 4 is 5.82 Å². The maximum atomic E-state index is 5.49. The number of pyridine rings is 1. The molecule has 1 aliphatic heterocycles. The number of aryl methyl sites for hydroxylation is 1. The number of hydrogen-bond donors (Lipinski definition) is 1. The minimum absolute atomic E-state index is 0.752. The lowest BCUT2D eigenvalue weighted by Gasteiger charge is -2.21. The van der Waals surface area contributed by atoms with Crippen LogP contribution in [-0.4, -0.2) is 37.3 Å². The molecule has 0 atom stereocenters. The molecule has 1 saturated carbocycles. The number of anilines is 1. The monoisotopic (exact) mass is 261 g/mol. The molecule has 0 bridgehead atoms. The molecule has 1 N–H and O–H groups in total. The Kier molecular flexibility index (Phi) is 3.99. The summed E-state index contributed by atoms with van der Waals surface area (Å²) in [4.78, 5) is 7.10. The summed E-state index contributed by atoms with van der Waals surface area (Å²) in [6, 6.07) is 5.13. The fourth-order valence-electron chi connectivity index (χ4n) is 2.46. The van der Waals surface area contributed by atoms with Gasteiger partial charge in [-0.2, -0.15) is 0 Å². The van der Waals surface area contributed by atoms with Crippen molar-refractivity contribution in [3.05, 3.63) is 23.4 Å². The highest BCUT2D eigenvalue weighted by atomic mass is 16.5. The Balaban J connectivity index is 1.66. The largest absolute Gasteiger partial charge is 0.380 e. The third kappa shape index (κ3) is 3.45. The van der Waals surface area contributed by atoms with Gasteiger partial charge in [-0.05, 0) is 37.8 Å². The highest BCUT2D eigenvalue weighted by molar-refractivity contribution is 5.41. The molecule has 1 aromatic rings. The first kappa shape index (κ1) is 12.9. The summed E-state index contributed by atoms with van der Waals surface area (Å²) >= 11 is 0. The van der Waals surface area contributed by atoms with Crippen molar-refractivity contribution in [2.75, 3.05) is 31.2 Å². The molecule has 0 radical (unpaired) electrons. The second-order valence-electron chi connectivity index (χ2n) is 5.52. The highest BCUT2D eigenvalue weighted by Crippen LogP contribution is 2.21. The molecule has 0 aromatic carbocycles. The Morgan fingerprint density at radius 1 is 1.32 bits per heavy atom. The lowest BCUT2D eigenvalue weighted by Crippen LogP contribution is -2.27. The number of ether oxygens (including phenoxy) is 1. The second-order valence-corrected chi connectivity index (χ2v) is 5.52. The van der Waals surface area contributed by atoms with Gasteiger partial charge in [-0.15, -0.1) is 0 Å². The molecule has 4 nitrogen and oxygen atoms in total. The number of rotatable bonds is 4. The van der Waals surface area contributed by atoms with E-state index in [4.69, 9.17) is 9.72 Å². The second kappa shape index (κ2) is 5.88. The van der Waals surface area contributed by atoms with Gasteiger partial charge < -0.3 is 15.0 Å². The van der Waals surface area contributed by atoms with E-state index in [0.29, 0.717) is 0 Å². The molecule has 1 aliphatic carbocycles. The SMILES string of the molecule is Cc1nc(N2CCCOCC2)ccc1CNC1CC1. The normalized spacial score (nSPS) is 20.4. The van der Waals surface area contributed by atoms with E-state index in [9.17, 15) is 0 Å². The molecule has 2 fully saturated rings. The molecule has 4 heteroatoms. The van der Waals surface area contributed by atoms with Crippen LogP contribution in [0.5, 0.6) is 0 Å². The molecule has 0 amide bonds. The zero-order valence-corrected chi connectivity index (χ0v) is 11.7. The van der Waals surface area contributed by atoms with Gasteiger partial charge in [-0.25, -0.2) is 4.98 Å². The molecular formula is C15H23N3O. The van der Waals surface area contributed by atoms with Crippen LogP contribution in [0.2, 0.25) is 0 Å². The van der Waals surface area contributed by atoms with Crippen LogP contribution in [0.3, 0.4) is 0 Å². The van der Waals surface area contributed by atoms with Gasteiger partial charge in [0.15, 0.2) is 0 Å². The number of nitrogens with one attached hydrogen (secondary N) is 1. The highest BCUT2D eigenvalue weighted by Gasteiger charge is 2.20. The lowest BCUT2D eigenvalue weighted by molar-refractivity contribution is 0.152. The molecule has 0 spiro atoms. The van der Waals surface area contributed by atoms with E-state index in [1.165, 1.54) is 18.4 Å². The van der Waals surface area contributed by atoms with Crippen LogP contribution in [-0.2, 0) is 11.3 Å². The Morgan fingerprint density at radius 2 is 2.21 bits per heavy atom. The summed E-state index contributed by atoms with van der Waals surface area (Å²) in [5.41, 5.74) is 2.47. The maximum Gasteiger partial charge on any atom is 0.128 e. The predicted molar refractivity (Wildman–Crippen MR) is 76.5 cm³/mol. The van der Waals surface area contributed by atoms with Crippen LogP contribution < -0.4 is 10.2 Å². The van der Waals surface area contributed by atoms with Gasteiger partial charge >= 0.3 is 0 Å². The Hall–Kier alpha value is -1.13. The van der Waals surface area contributed by atoms with Gasteiger partial charge in [0.25, 0.3) is 0 Å². The lowest BCUT2D eigenvalue weighted by atomic mass is 10.2. The third-order valence-corrected chi connectivity index (χ3v) is 3.89. The predicted octanol–water partition coefficient (Wildman–Crippen LogP) is 1.87. The number of hydrogen-bond acceptors (Lipinski definition) is 4. The zero-order valence-electron chi connectivity index (χ0n) is 11.7. The van der Waals surface area contributed by atoms with Crippen molar-refractivity contribution < 1.29 is 4.74 Å². The first-order valence-corrected chi connectivity index (χ1v) is 7.35. The summed E-state index contributed by atoms with van der Waals surface area (Å²) in [6.07, 6.45) is 3.75. The summed E-state index contributed by atoms with van der Waals surface area (Å²) in [7, 11) is 0. The van der Waals surface area contributed by atoms with Crippen molar-refractivity contribution in [1.29, 1.82) is 0 Å². The Labute approximate surface area is 115 Å². The fourth-order valence-corrected chi connectivity index (χ4v) is 2.46. The average Bonchev–Trinajstić information content (AvgIpc) is 3.24. The van der Waals surface area contributed by atoms with Crippen molar-refractivity contribution in [2.45, 2.75) is 38.8 Å². The summed E-state index contributed by atoms with van der Waals surface area (Å²) in [5.74, 6) is 1.10. The zero-order chi connectivity index (χ0) is 13.1. The van der Waals surface area contributed by atoms with Crippen LogP contribution in [0.4, 0.5) is 5.82 Å². The van der Waals surface area contributed by atoms with E-state index in [0.717, 1.165) is 56.8 Å². The first-order valence-electron chi connectivity index (χ1n) is 7.35. The van der Waals surface area contributed by atoms with E-state index >= 15 is 0 Å². The van der Waals surface area contributed by atoms with E-state index in [-0.39, 0.29) is 0 Å². The summed E-state index contributed by atoms with van der Waals surface area (Å²) in [6.45, 7) is 6.75. The molecule has 0 unspecified atom stereocenters. The van der Waals surface area contributed by atoms with E-state index in [2.05, 4.69) is 29.3 Å². The number of aromatic nitrogens is 1. The van der Waals surface area contributed by atoms with Gasteiger partial charge in [-0.1, -0.05) is 6.07 Å². The molecule has 1 aromatic heterocycles. The van der Waals surface area contributed by atoms with E-state index in [1.807, 2.05) is 0 Å². The Bertz CT molecular complexity index is 423. The molecule has 2 heterocycles. The maximum absolute atomic E-state index is 5.49. The van der Waals surface area contributed by atoms with Crippen molar-refractivity contribution in [1.82, 2.24) is 10.3 Å². The fraction of sp³-hybridized carbons (Fsp3) is 0.667. The molecule has 104 valence electrons. The molecule has 19 heavy (non-hydrogen) atoms. The van der Waals surface area contributed by atoms with Gasteiger partial charge in [0.2, 0.25) is 0 Å². The van der Waals surface area contributed by atoms with Crippen molar-refractivity contribution in [2.24, 2.45) is 0 Å². The average molecular weight is 261 g/mol. The van der Waals surface area contributed by atoms with Gasteiger partial charge in [0, 0.05) is 38.0 Å². The third-order valence-electron chi connectivity index (χ3n) is 3.89. The minimum atomic E-state index is 0.752. The van der Waals surface area contributed by atoms with Gasteiger partial charge in [-0.3, -0.25) is 0 Å². The van der Waals surface area contributed by atoms with Crippen LogP contribution in [0.15, 0.2) is 12.1 Å². The topological polar surface area (TPSA) is 37.4 Å². The quantitative estimate of drug-likeness (QED) is 0.898. The van der Waals surface area contributed by atoms with Gasteiger partial charge in [0.05, 0.1) is 6.61 Å². The standard InChI is InChI=1S/C15H23N3O/c1-12-13(11-16-14-4-5-14)3-6-15(17-12)18-7-2-9-19-10-8-18/h3,6,14,16H,2,4-5,7-11H2,1H3. The summed E-state index contributed by atoms with van der Waals surface area (Å²) in [5, 5.41) is 3.55. The molecule has 1 saturated heterocycles. The molecular weight excluding hydrogens is 238 g/mol. The van der Waals surface area contributed by atoms with Gasteiger partial charge in [0.1, 0.15) is 5.82 Å².